The van der Waals surface area contributed by atoms with Crippen LogP contribution in [0.5, 0.6) is 0 Å². The third-order valence-corrected chi connectivity index (χ3v) is 3.16. The molecule has 4 heteroatoms. The van der Waals surface area contributed by atoms with Crippen LogP contribution in [0.2, 0.25) is 0 Å². The standard InChI is InChI=1S/C9H9NO2S/c11-9(12)7-2-1-5-10-8(7)13-6-3-4-6/h1-2,5-6H,3-4H2,(H,11,12). The summed E-state index contributed by atoms with van der Waals surface area (Å²) in [4.78, 5) is 14.8. The minimum atomic E-state index is -0.892. The van der Waals surface area contributed by atoms with Crippen molar-refractivity contribution in [3.63, 3.8) is 0 Å². The lowest BCUT2D eigenvalue weighted by Gasteiger charge is -2.01. The van der Waals surface area contributed by atoms with Crippen molar-refractivity contribution in [2.75, 3.05) is 0 Å². The maximum Gasteiger partial charge on any atom is 0.338 e. The molecule has 2 rings (SSSR count). The molecule has 3 nitrogen and oxygen atoms in total. The molecule has 1 N–H and O–H groups in total. The first kappa shape index (κ1) is 8.56. The number of hydrogen-bond acceptors (Lipinski definition) is 3. The van der Waals surface area contributed by atoms with Gasteiger partial charge in [0, 0.05) is 11.4 Å². The minimum Gasteiger partial charge on any atom is -0.478 e. The van der Waals surface area contributed by atoms with Crippen LogP contribution in [0.1, 0.15) is 23.2 Å². The lowest BCUT2D eigenvalue weighted by Crippen LogP contribution is -2.00. The number of aromatic nitrogens is 1. The topological polar surface area (TPSA) is 50.2 Å². The Bertz CT molecular complexity index is 336. The number of carboxylic acids is 1. The monoisotopic (exact) mass is 195 g/mol. The highest BCUT2D eigenvalue weighted by atomic mass is 32.2. The summed E-state index contributed by atoms with van der Waals surface area (Å²) in [6.45, 7) is 0. The van der Waals surface area contributed by atoms with Crippen LogP contribution >= 0.6 is 11.8 Å². The predicted octanol–water partition coefficient (Wildman–Crippen LogP) is 2.03. The third kappa shape index (κ3) is 2.01. The fraction of sp³-hybridized carbons (Fsp3) is 0.333. The second kappa shape index (κ2) is 3.38. The molecule has 1 aliphatic rings. The summed E-state index contributed by atoms with van der Waals surface area (Å²) in [6, 6.07) is 3.25. The Kier molecular flexibility index (Phi) is 2.22. The van der Waals surface area contributed by atoms with Gasteiger partial charge in [-0.05, 0) is 25.0 Å². The van der Waals surface area contributed by atoms with Crippen LogP contribution in [-0.4, -0.2) is 21.3 Å². The van der Waals surface area contributed by atoms with Crippen molar-refractivity contribution in [3.8, 4) is 0 Å². The Balaban J connectivity index is 2.25. The summed E-state index contributed by atoms with van der Waals surface area (Å²) in [5, 5.41) is 10.1. The molecule has 1 aromatic rings. The van der Waals surface area contributed by atoms with Gasteiger partial charge in [0.05, 0.1) is 5.56 Å². The molecule has 0 radical (unpaired) electrons. The molecule has 0 aliphatic heterocycles. The fourth-order valence-corrected chi connectivity index (χ4v) is 2.08. The van der Waals surface area contributed by atoms with Gasteiger partial charge in [0.25, 0.3) is 0 Å². The van der Waals surface area contributed by atoms with Gasteiger partial charge < -0.3 is 5.11 Å². The lowest BCUT2D eigenvalue weighted by molar-refractivity contribution is 0.0692. The number of thioether (sulfide) groups is 1. The van der Waals surface area contributed by atoms with Crippen LogP contribution < -0.4 is 0 Å². The molecule has 68 valence electrons. The smallest absolute Gasteiger partial charge is 0.338 e. The molecule has 0 saturated heterocycles. The first-order valence-electron chi connectivity index (χ1n) is 4.12. The Morgan fingerprint density at radius 3 is 3.00 bits per heavy atom. The summed E-state index contributed by atoms with van der Waals surface area (Å²) < 4.78 is 0. The first-order chi connectivity index (χ1) is 6.27. The predicted molar refractivity (Wildman–Crippen MR) is 50.1 cm³/mol. The molecule has 0 atom stereocenters. The number of carboxylic acid groups (broad SMARTS) is 1. The quantitative estimate of drug-likeness (QED) is 0.801. The largest absolute Gasteiger partial charge is 0.478 e. The van der Waals surface area contributed by atoms with Gasteiger partial charge in [0.15, 0.2) is 0 Å². The van der Waals surface area contributed by atoms with Gasteiger partial charge in [-0.25, -0.2) is 9.78 Å². The first-order valence-corrected chi connectivity index (χ1v) is 5.00. The number of rotatable bonds is 3. The molecule has 0 bridgehead atoms. The highest BCUT2D eigenvalue weighted by Crippen LogP contribution is 2.39. The summed E-state index contributed by atoms with van der Waals surface area (Å²) in [5.41, 5.74) is 0.319. The van der Waals surface area contributed by atoms with E-state index in [1.807, 2.05) is 0 Å². The van der Waals surface area contributed by atoms with E-state index in [2.05, 4.69) is 4.98 Å². The van der Waals surface area contributed by atoms with Crippen LogP contribution in [0.4, 0.5) is 0 Å². The average molecular weight is 195 g/mol. The van der Waals surface area contributed by atoms with Crippen molar-refractivity contribution in [1.29, 1.82) is 0 Å². The van der Waals surface area contributed by atoms with Crippen LogP contribution in [0, 0.1) is 0 Å². The van der Waals surface area contributed by atoms with Crippen LogP contribution in [0.15, 0.2) is 23.4 Å². The summed E-state index contributed by atoms with van der Waals surface area (Å²) in [5.74, 6) is -0.892. The fourth-order valence-electron chi connectivity index (χ4n) is 0.991. The van der Waals surface area contributed by atoms with E-state index in [9.17, 15) is 4.79 Å². The maximum atomic E-state index is 10.8. The number of nitrogens with zero attached hydrogens (tertiary/aromatic N) is 1. The number of hydrogen-bond donors (Lipinski definition) is 1. The van der Waals surface area contributed by atoms with E-state index in [1.54, 1.807) is 30.1 Å². The molecule has 1 heterocycles. The molecular weight excluding hydrogens is 186 g/mol. The van der Waals surface area contributed by atoms with E-state index < -0.39 is 5.97 Å². The van der Waals surface area contributed by atoms with Crippen LogP contribution in [-0.2, 0) is 0 Å². The van der Waals surface area contributed by atoms with E-state index in [0.717, 1.165) is 0 Å². The molecule has 1 aromatic heterocycles. The van der Waals surface area contributed by atoms with E-state index in [-0.39, 0.29) is 0 Å². The molecule has 1 fully saturated rings. The molecule has 13 heavy (non-hydrogen) atoms. The van der Waals surface area contributed by atoms with Gasteiger partial charge >= 0.3 is 5.97 Å². The summed E-state index contributed by atoms with van der Waals surface area (Å²) >= 11 is 1.57. The number of pyridine rings is 1. The number of aromatic carboxylic acids is 1. The molecule has 0 unspecified atom stereocenters. The average Bonchev–Trinajstić information content (AvgIpc) is 2.89. The van der Waals surface area contributed by atoms with Crippen LogP contribution in [0.3, 0.4) is 0 Å². The van der Waals surface area contributed by atoms with Gasteiger partial charge in [-0.2, -0.15) is 0 Å². The zero-order chi connectivity index (χ0) is 9.26. The van der Waals surface area contributed by atoms with Crippen molar-refractivity contribution < 1.29 is 9.90 Å². The summed E-state index contributed by atoms with van der Waals surface area (Å²) in [6.07, 6.45) is 4.00. The van der Waals surface area contributed by atoms with Gasteiger partial charge in [-0.1, -0.05) is 0 Å². The third-order valence-electron chi connectivity index (χ3n) is 1.80. The van der Waals surface area contributed by atoms with Crippen molar-refractivity contribution in [2.24, 2.45) is 0 Å². The lowest BCUT2D eigenvalue weighted by atomic mass is 10.3. The van der Waals surface area contributed by atoms with Crippen LogP contribution in [0.25, 0.3) is 0 Å². The van der Waals surface area contributed by atoms with E-state index >= 15 is 0 Å². The molecule has 1 aliphatic carbocycles. The van der Waals surface area contributed by atoms with Gasteiger partial charge in [-0.15, -0.1) is 11.8 Å². The van der Waals surface area contributed by atoms with Gasteiger partial charge in [0.1, 0.15) is 5.03 Å². The Hall–Kier alpha value is -1.03. The Labute approximate surface area is 80.2 Å². The van der Waals surface area contributed by atoms with Crippen molar-refractivity contribution in [2.45, 2.75) is 23.1 Å². The van der Waals surface area contributed by atoms with Crippen molar-refractivity contribution in [1.82, 2.24) is 4.98 Å². The summed E-state index contributed by atoms with van der Waals surface area (Å²) in [7, 11) is 0. The molecular formula is C9H9NO2S. The molecule has 0 spiro atoms. The van der Waals surface area contributed by atoms with Gasteiger partial charge in [0.2, 0.25) is 0 Å². The highest BCUT2D eigenvalue weighted by Gasteiger charge is 2.25. The second-order valence-corrected chi connectivity index (χ2v) is 4.27. The van der Waals surface area contributed by atoms with E-state index in [0.29, 0.717) is 15.8 Å². The molecule has 0 amide bonds. The van der Waals surface area contributed by atoms with Crippen molar-refractivity contribution in [3.05, 3.63) is 23.9 Å². The zero-order valence-electron chi connectivity index (χ0n) is 6.93. The van der Waals surface area contributed by atoms with E-state index in [1.165, 1.54) is 12.8 Å². The van der Waals surface area contributed by atoms with Gasteiger partial charge in [-0.3, -0.25) is 0 Å². The molecule has 0 aromatic carbocycles. The molecule has 1 saturated carbocycles. The Morgan fingerprint density at radius 1 is 1.62 bits per heavy atom. The normalized spacial score (nSPS) is 15.7. The van der Waals surface area contributed by atoms with E-state index in [4.69, 9.17) is 5.11 Å². The Morgan fingerprint density at radius 2 is 2.38 bits per heavy atom. The zero-order valence-corrected chi connectivity index (χ0v) is 7.75. The minimum absolute atomic E-state index is 0.319. The highest BCUT2D eigenvalue weighted by molar-refractivity contribution is 8.00. The SMILES string of the molecule is O=C(O)c1cccnc1SC1CC1. The van der Waals surface area contributed by atoms with Crippen molar-refractivity contribution >= 4 is 17.7 Å². The maximum absolute atomic E-state index is 10.8. The second-order valence-electron chi connectivity index (χ2n) is 2.98. The number of carbonyl (C=O) groups is 1.